The van der Waals surface area contributed by atoms with E-state index in [9.17, 15) is 8.42 Å². The summed E-state index contributed by atoms with van der Waals surface area (Å²) in [7, 11) is -0.0667. The average molecular weight is 336 g/mol. The maximum atomic E-state index is 11.6. The SMILES string of the molecule is COc1ccc(CNCC(C)(C)S(C)(=O)=O)c(Cl)c1OC. The van der Waals surface area contributed by atoms with Crippen molar-refractivity contribution in [3.8, 4) is 11.5 Å². The number of rotatable bonds is 7. The van der Waals surface area contributed by atoms with Crippen LogP contribution in [-0.4, -0.2) is 40.2 Å². The van der Waals surface area contributed by atoms with Crippen molar-refractivity contribution in [2.75, 3.05) is 27.0 Å². The Kier molecular flexibility index (Phi) is 5.90. The lowest BCUT2D eigenvalue weighted by Gasteiger charge is -2.23. The zero-order valence-electron chi connectivity index (χ0n) is 13.0. The number of benzene rings is 1. The van der Waals surface area contributed by atoms with Crippen LogP contribution in [0.15, 0.2) is 12.1 Å². The van der Waals surface area contributed by atoms with E-state index in [0.29, 0.717) is 29.6 Å². The van der Waals surface area contributed by atoms with Gasteiger partial charge in [-0.05, 0) is 25.5 Å². The summed E-state index contributed by atoms with van der Waals surface area (Å²) in [6.45, 7) is 4.14. The molecule has 0 aliphatic rings. The first kappa shape index (κ1) is 18.1. The second kappa shape index (κ2) is 6.85. The van der Waals surface area contributed by atoms with Gasteiger partial charge >= 0.3 is 0 Å². The van der Waals surface area contributed by atoms with Gasteiger partial charge in [-0.1, -0.05) is 17.7 Å². The largest absolute Gasteiger partial charge is 0.493 e. The van der Waals surface area contributed by atoms with Gasteiger partial charge < -0.3 is 14.8 Å². The summed E-state index contributed by atoms with van der Waals surface area (Å²) >= 11 is 6.27. The van der Waals surface area contributed by atoms with Gasteiger partial charge in [0.2, 0.25) is 0 Å². The van der Waals surface area contributed by atoms with Gasteiger partial charge in [0, 0.05) is 19.3 Å². The minimum Gasteiger partial charge on any atom is -0.493 e. The molecule has 0 saturated carbocycles. The Hall–Kier alpha value is -0.980. The van der Waals surface area contributed by atoms with Crippen LogP contribution < -0.4 is 14.8 Å². The third-order valence-corrected chi connectivity index (χ3v) is 6.00. The number of ether oxygens (including phenoxy) is 2. The van der Waals surface area contributed by atoms with Crippen molar-refractivity contribution in [3.05, 3.63) is 22.7 Å². The molecular weight excluding hydrogens is 314 g/mol. The molecule has 1 N–H and O–H groups in total. The van der Waals surface area contributed by atoms with E-state index in [1.54, 1.807) is 27.0 Å². The summed E-state index contributed by atoms with van der Waals surface area (Å²) in [5.41, 5.74) is 0.818. The number of nitrogens with one attached hydrogen (secondary N) is 1. The Bertz CT molecular complexity index is 599. The van der Waals surface area contributed by atoms with E-state index in [0.717, 1.165) is 5.56 Å². The van der Waals surface area contributed by atoms with E-state index in [-0.39, 0.29) is 0 Å². The molecule has 0 unspecified atom stereocenters. The van der Waals surface area contributed by atoms with E-state index in [1.807, 2.05) is 6.07 Å². The number of hydrogen-bond acceptors (Lipinski definition) is 5. The highest BCUT2D eigenvalue weighted by Gasteiger charge is 2.29. The number of methoxy groups -OCH3 is 2. The quantitative estimate of drug-likeness (QED) is 0.828. The molecule has 0 aliphatic heterocycles. The predicted molar refractivity (Wildman–Crippen MR) is 85.2 cm³/mol. The Balaban J connectivity index is 2.82. The molecule has 120 valence electrons. The van der Waals surface area contributed by atoms with Crippen LogP contribution in [0.3, 0.4) is 0 Å². The molecule has 0 radical (unpaired) electrons. The molecule has 21 heavy (non-hydrogen) atoms. The zero-order valence-corrected chi connectivity index (χ0v) is 14.6. The van der Waals surface area contributed by atoms with Gasteiger partial charge in [-0.25, -0.2) is 8.42 Å². The van der Waals surface area contributed by atoms with Crippen LogP contribution in [0.4, 0.5) is 0 Å². The molecule has 0 atom stereocenters. The van der Waals surface area contributed by atoms with E-state index < -0.39 is 14.6 Å². The third kappa shape index (κ3) is 4.25. The van der Waals surface area contributed by atoms with Gasteiger partial charge in [0.1, 0.15) is 0 Å². The molecule has 0 aromatic heterocycles. The fraction of sp³-hybridized carbons (Fsp3) is 0.571. The second-order valence-corrected chi connectivity index (χ2v) is 8.44. The topological polar surface area (TPSA) is 64.6 Å². The van der Waals surface area contributed by atoms with Crippen molar-refractivity contribution < 1.29 is 17.9 Å². The molecule has 0 aliphatic carbocycles. The highest BCUT2D eigenvalue weighted by atomic mass is 35.5. The van der Waals surface area contributed by atoms with Crippen LogP contribution in [0, 0.1) is 0 Å². The second-order valence-electron chi connectivity index (χ2n) is 5.41. The van der Waals surface area contributed by atoms with Gasteiger partial charge in [0.15, 0.2) is 21.3 Å². The molecule has 5 nitrogen and oxygen atoms in total. The van der Waals surface area contributed by atoms with E-state index in [4.69, 9.17) is 21.1 Å². The molecule has 7 heteroatoms. The van der Waals surface area contributed by atoms with Crippen LogP contribution in [-0.2, 0) is 16.4 Å². The minimum atomic E-state index is -3.13. The first-order valence-corrected chi connectivity index (χ1v) is 8.70. The third-order valence-electron chi connectivity index (χ3n) is 3.43. The molecule has 1 rings (SSSR count). The van der Waals surface area contributed by atoms with Crippen molar-refractivity contribution >= 4 is 21.4 Å². The Morgan fingerprint density at radius 3 is 2.33 bits per heavy atom. The van der Waals surface area contributed by atoms with Gasteiger partial charge in [-0.2, -0.15) is 0 Å². The molecule has 1 aromatic carbocycles. The number of sulfone groups is 1. The van der Waals surface area contributed by atoms with Crippen molar-refractivity contribution in [1.82, 2.24) is 5.32 Å². The molecule has 0 amide bonds. The van der Waals surface area contributed by atoms with Gasteiger partial charge in [-0.15, -0.1) is 0 Å². The summed E-state index contributed by atoms with van der Waals surface area (Å²) in [4.78, 5) is 0. The maximum Gasteiger partial charge on any atom is 0.179 e. The molecule has 1 aromatic rings. The Morgan fingerprint density at radius 1 is 1.24 bits per heavy atom. The molecule has 0 fully saturated rings. The molecule has 0 spiro atoms. The van der Waals surface area contributed by atoms with E-state index >= 15 is 0 Å². The summed E-state index contributed by atoms with van der Waals surface area (Å²) in [6.07, 6.45) is 1.23. The van der Waals surface area contributed by atoms with Crippen LogP contribution >= 0.6 is 11.6 Å². The van der Waals surface area contributed by atoms with E-state index in [1.165, 1.54) is 13.4 Å². The summed E-state index contributed by atoms with van der Waals surface area (Å²) in [5, 5.41) is 3.58. The summed E-state index contributed by atoms with van der Waals surface area (Å²) in [5.74, 6) is 1.03. The highest BCUT2D eigenvalue weighted by molar-refractivity contribution is 7.92. The fourth-order valence-corrected chi connectivity index (χ4v) is 2.36. The van der Waals surface area contributed by atoms with Crippen LogP contribution in [0.1, 0.15) is 19.4 Å². The lowest BCUT2D eigenvalue weighted by molar-refractivity contribution is 0.354. The summed E-state index contributed by atoms with van der Waals surface area (Å²) in [6, 6.07) is 3.59. The highest BCUT2D eigenvalue weighted by Crippen LogP contribution is 2.37. The molecule has 0 bridgehead atoms. The van der Waals surface area contributed by atoms with Gasteiger partial charge in [0.05, 0.1) is 24.0 Å². The average Bonchev–Trinajstić information content (AvgIpc) is 2.38. The monoisotopic (exact) mass is 335 g/mol. The van der Waals surface area contributed by atoms with Crippen LogP contribution in [0.5, 0.6) is 11.5 Å². The fourth-order valence-electron chi connectivity index (χ4n) is 1.70. The Labute approximate surface area is 131 Å². The number of hydrogen-bond donors (Lipinski definition) is 1. The standard InChI is InChI=1S/C14H22ClNO4S/c1-14(2,21(5,17)18)9-16-8-10-6-7-11(19-3)13(20-4)12(10)15/h6-7,16H,8-9H2,1-5H3. The van der Waals surface area contributed by atoms with Crippen molar-refractivity contribution in [2.45, 2.75) is 25.1 Å². The van der Waals surface area contributed by atoms with E-state index in [2.05, 4.69) is 5.32 Å². The van der Waals surface area contributed by atoms with Crippen LogP contribution in [0.25, 0.3) is 0 Å². The minimum absolute atomic E-state index is 0.330. The summed E-state index contributed by atoms with van der Waals surface area (Å²) < 4.78 is 32.8. The van der Waals surface area contributed by atoms with Crippen molar-refractivity contribution in [1.29, 1.82) is 0 Å². The number of halogens is 1. The van der Waals surface area contributed by atoms with Crippen molar-refractivity contribution in [3.63, 3.8) is 0 Å². The van der Waals surface area contributed by atoms with Gasteiger partial charge in [0.25, 0.3) is 0 Å². The molecule has 0 saturated heterocycles. The van der Waals surface area contributed by atoms with Crippen LogP contribution in [0.2, 0.25) is 5.02 Å². The maximum absolute atomic E-state index is 11.6. The zero-order chi connectivity index (χ0) is 16.3. The predicted octanol–water partition coefficient (Wildman–Crippen LogP) is 2.27. The normalized spacial score (nSPS) is 12.3. The Morgan fingerprint density at radius 2 is 1.86 bits per heavy atom. The molecular formula is C14H22ClNO4S. The van der Waals surface area contributed by atoms with Crippen molar-refractivity contribution in [2.24, 2.45) is 0 Å². The molecule has 0 heterocycles. The van der Waals surface area contributed by atoms with Gasteiger partial charge in [-0.3, -0.25) is 0 Å². The first-order valence-electron chi connectivity index (χ1n) is 6.43. The lowest BCUT2D eigenvalue weighted by Crippen LogP contribution is -2.41. The lowest BCUT2D eigenvalue weighted by atomic mass is 10.1. The smallest absolute Gasteiger partial charge is 0.179 e. The first-order chi connectivity index (χ1) is 9.64.